The van der Waals surface area contributed by atoms with Gasteiger partial charge in [0.25, 0.3) is 0 Å². The molecule has 3 heteroatoms. The summed E-state index contributed by atoms with van der Waals surface area (Å²) in [5.74, 6) is 0.805. The molecule has 3 atom stereocenters. The van der Waals surface area contributed by atoms with Gasteiger partial charge in [0.15, 0.2) is 0 Å². The first-order valence-corrected chi connectivity index (χ1v) is 8.11. The van der Waals surface area contributed by atoms with E-state index in [2.05, 4.69) is 57.3 Å². The molecule has 2 rings (SSSR count). The molecule has 3 nitrogen and oxygen atoms in total. The maximum Gasteiger partial charge on any atom is 0.241 e. The molecule has 1 aromatic rings. The van der Waals surface area contributed by atoms with E-state index < -0.39 is 0 Å². The van der Waals surface area contributed by atoms with Crippen molar-refractivity contribution < 1.29 is 4.79 Å². The van der Waals surface area contributed by atoms with Crippen LogP contribution >= 0.6 is 0 Å². The lowest BCUT2D eigenvalue weighted by Crippen LogP contribution is -2.39. The van der Waals surface area contributed by atoms with Crippen molar-refractivity contribution in [3.63, 3.8) is 0 Å². The van der Waals surface area contributed by atoms with Crippen LogP contribution in [-0.2, 0) is 11.2 Å². The number of amides is 1. The topological polar surface area (TPSA) is 32.3 Å². The fourth-order valence-electron chi connectivity index (χ4n) is 3.20. The second kappa shape index (κ2) is 6.61. The van der Waals surface area contributed by atoms with Gasteiger partial charge >= 0.3 is 0 Å². The van der Waals surface area contributed by atoms with Gasteiger partial charge in [0.05, 0.1) is 6.04 Å². The van der Waals surface area contributed by atoms with Gasteiger partial charge in [-0.3, -0.25) is 10.1 Å². The van der Waals surface area contributed by atoms with Crippen LogP contribution in [0.15, 0.2) is 24.3 Å². The Morgan fingerprint density at radius 2 is 1.81 bits per heavy atom. The Balaban J connectivity index is 2.24. The number of rotatable bonds is 5. The number of benzene rings is 1. The lowest BCUT2D eigenvalue weighted by atomic mass is 10.0. The van der Waals surface area contributed by atoms with E-state index in [1.807, 2.05) is 11.8 Å². The fraction of sp³-hybridized carbons (Fsp3) is 0.611. The SMILES string of the molecule is CCc1ccc(C2NC(C)C(=O)N2C(C)CC(C)C)cc1. The molecule has 1 aliphatic heterocycles. The van der Waals surface area contributed by atoms with Crippen LogP contribution in [0.4, 0.5) is 0 Å². The number of hydrogen-bond acceptors (Lipinski definition) is 2. The zero-order chi connectivity index (χ0) is 15.6. The third-order valence-corrected chi connectivity index (χ3v) is 4.30. The summed E-state index contributed by atoms with van der Waals surface area (Å²) in [6.07, 6.45) is 2.08. The van der Waals surface area contributed by atoms with Crippen LogP contribution in [0.1, 0.15) is 58.3 Å². The van der Waals surface area contributed by atoms with E-state index >= 15 is 0 Å². The average molecular weight is 288 g/mol. The molecule has 1 saturated heterocycles. The molecule has 0 aromatic heterocycles. The third kappa shape index (κ3) is 3.46. The van der Waals surface area contributed by atoms with E-state index in [1.54, 1.807) is 0 Å². The van der Waals surface area contributed by atoms with Gasteiger partial charge in [-0.2, -0.15) is 0 Å². The second-order valence-corrected chi connectivity index (χ2v) is 6.61. The highest BCUT2D eigenvalue weighted by molar-refractivity contribution is 5.84. The highest BCUT2D eigenvalue weighted by atomic mass is 16.2. The molecular formula is C18H28N2O. The Morgan fingerprint density at radius 3 is 2.33 bits per heavy atom. The minimum atomic E-state index is -0.101. The number of nitrogens with zero attached hydrogens (tertiary/aromatic N) is 1. The van der Waals surface area contributed by atoms with Gasteiger partial charge < -0.3 is 4.90 Å². The number of aryl methyl sites for hydroxylation is 1. The smallest absolute Gasteiger partial charge is 0.241 e. The summed E-state index contributed by atoms with van der Waals surface area (Å²) in [6.45, 7) is 10.7. The molecule has 1 aromatic carbocycles. The van der Waals surface area contributed by atoms with Crippen molar-refractivity contribution in [3.05, 3.63) is 35.4 Å². The van der Waals surface area contributed by atoms with Crippen molar-refractivity contribution >= 4 is 5.91 Å². The van der Waals surface area contributed by atoms with Crippen LogP contribution in [0.2, 0.25) is 0 Å². The second-order valence-electron chi connectivity index (χ2n) is 6.61. The first-order chi connectivity index (χ1) is 9.93. The van der Waals surface area contributed by atoms with E-state index in [-0.39, 0.29) is 24.2 Å². The predicted molar refractivity (Wildman–Crippen MR) is 86.9 cm³/mol. The number of hydrogen-bond donors (Lipinski definition) is 1. The van der Waals surface area contributed by atoms with Gasteiger partial charge in [-0.1, -0.05) is 45.0 Å². The standard InChI is InChI=1S/C18H28N2O/c1-6-15-7-9-16(10-8-15)17-19-14(5)18(21)20(17)13(4)11-12(2)3/h7-10,12-14,17,19H,6,11H2,1-5H3. The highest BCUT2D eigenvalue weighted by Crippen LogP contribution is 2.29. The maximum absolute atomic E-state index is 12.5. The van der Waals surface area contributed by atoms with Gasteiger partial charge in [-0.25, -0.2) is 0 Å². The number of carbonyl (C=O) groups is 1. The largest absolute Gasteiger partial charge is 0.319 e. The summed E-state index contributed by atoms with van der Waals surface area (Å²) in [4.78, 5) is 14.5. The molecular weight excluding hydrogens is 260 g/mol. The van der Waals surface area contributed by atoms with Gasteiger partial charge in [0.2, 0.25) is 5.91 Å². The molecule has 0 spiro atoms. The number of carbonyl (C=O) groups excluding carboxylic acids is 1. The monoisotopic (exact) mass is 288 g/mol. The Hall–Kier alpha value is -1.35. The zero-order valence-electron chi connectivity index (χ0n) is 13.9. The summed E-state index contributed by atoms with van der Waals surface area (Å²) < 4.78 is 0. The molecule has 0 saturated carbocycles. The molecule has 1 fully saturated rings. The van der Waals surface area contributed by atoms with E-state index in [9.17, 15) is 4.79 Å². The normalized spacial score (nSPS) is 23.9. The molecule has 3 unspecified atom stereocenters. The van der Waals surface area contributed by atoms with Crippen molar-refractivity contribution in [1.82, 2.24) is 10.2 Å². The first-order valence-electron chi connectivity index (χ1n) is 8.11. The average Bonchev–Trinajstić information content (AvgIpc) is 2.74. The lowest BCUT2D eigenvalue weighted by Gasteiger charge is -2.31. The molecule has 0 bridgehead atoms. The fourth-order valence-corrected chi connectivity index (χ4v) is 3.20. The van der Waals surface area contributed by atoms with Gasteiger partial charge in [-0.15, -0.1) is 0 Å². The van der Waals surface area contributed by atoms with Gasteiger partial charge in [-0.05, 0) is 43.7 Å². The van der Waals surface area contributed by atoms with E-state index in [4.69, 9.17) is 0 Å². The lowest BCUT2D eigenvalue weighted by molar-refractivity contribution is -0.132. The predicted octanol–water partition coefficient (Wildman–Crippen LogP) is 3.50. The highest BCUT2D eigenvalue weighted by Gasteiger charge is 2.39. The minimum absolute atomic E-state index is 0.00663. The van der Waals surface area contributed by atoms with Crippen LogP contribution in [0.5, 0.6) is 0 Å². The van der Waals surface area contributed by atoms with Crippen LogP contribution in [0, 0.1) is 5.92 Å². The molecule has 0 aliphatic carbocycles. The Bertz CT molecular complexity index is 480. The summed E-state index contributed by atoms with van der Waals surface area (Å²) >= 11 is 0. The molecule has 21 heavy (non-hydrogen) atoms. The van der Waals surface area contributed by atoms with E-state index in [0.29, 0.717) is 5.92 Å². The number of nitrogens with one attached hydrogen (secondary N) is 1. The summed E-state index contributed by atoms with van der Waals surface area (Å²) in [5.41, 5.74) is 2.51. The van der Waals surface area contributed by atoms with Crippen LogP contribution in [-0.4, -0.2) is 22.9 Å². The Labute approximate surface area is 128 Å². The van der Waals surface area contributed by atoms with Crippen LogP contribution in [0.3, 0.4) is 0 Å². The van der Waals surface area contributed by atoms with Crippen molar-refractivity contribution in [2.24, 2.45) is 5.92 Å². The van der Waals surface area contributed by atoms with Crippen LogP contribution < -0.4 is 5.32 Å². The minimum Gasteiger partial charge on any atom is -0.319 e. The van der Waals surface area contributed by atoms with Crippen molar-refractivity contribution in [2.75, 3.05) is 0 Å². The molecule has 1 N–H and O–H groups in total. The summed E-state index contributed by atoms with van der Waals surface area (Å²) in [5, 5.41) is 3.44. The summed E-state index contributed by atoms with van der Waals surface area (Å²) in [6, 6.07) is 8.78. The van der Waals surface area contributed by atoms with Crippen molar-refractivity contribution in [3.8, 4) is 0 Å². The molecule has 1 aliphatic rings. The summed E-state index contributed by atoms with van der Waals surface area (Å²) in [7, 11) is 0. The quantitative estimate of drug-likeness (QED) is 0.899. The molecule has 0 radical (unpaired) electrons. The van der Waals surface area contributed by atoms with Gasteiger partial charge in [0.1, 0.15) is 6.17 Å². The van der Waals surface area contributed by atoms with Crippen molar-refractivity contribution in [1.29, 1.82) is 0 Å². The van der Waals surface area contributed by atoms with E-state index in [1.165, 1.54) is 11.1 Å². The Kier molecular flexibility index (Phi) is 5.04. The first kappa shape index (κ1) is 16.0. The molecule has 1 heterocycles. The van der Waals surface area contributed by atoms with E-state index in [0.717, 1.165) is 12.8 Å². The molecule has 1 amide bonds. The van der Waals surface area contributed by atoms with Crippen LogP contribution in [0.25, 0.3) is 0 Å². The van der Waals surface area contributed by atoms with Gasteiger partial charge in [0, 0.05) is 6.04 Å². The molecule has 116 valence electrons. The maximum atomic E-state index is 12.5. The van der Waals surface area contributed by atoms with Crippen molar-refractivity contribution in [2.45, 2.75) is 65.7 Å². The third-order valence-electron chi connectivity index (χ3n) is 4.30. The Morgan fingerprint density at radius 1 is 1.19 bits per heavy atom. The zero-order valence-corrected chi connectivity index (χ0v) is 13.9.